The van der Waals surface area contributed by atoms with Crippen molar-refractivity contribution in [3.8, 4) is 0 Å². The number of carbonyl (C=O) groups is 2. The first-order chi connectivity index (χ1) is 12.3. The summed E-state index contributed by atoms with van der Waals surface area (Å²) >= 11 is 5.86. The van der Waals surface area contributed by atoms with Gasteiger partial charge in [0.05, 0.1) is 0 Å². The molecule has 5 nitrogen and oxygen atoms in total. The molecule has 1 atom stereocenters. The Morgan fingerprint density at radius 2 is 1.85 bits per heavy atom. The minimum Gasteiger partial charge on any atom is -0.449 e. The number of hydrogen-bond donors (Lipinski definition) is 1. The van der Waals surface area contributed by atoms with Gasteiger partial charge in [0, 0.05) is 10.4 Å². The summed E-state index contributed by atoms with van der Waals surface area (Å²) in [5.41, 5.74) is -0.189. The van der Waals surface area contributed by atoms with Gasteiger partial charge >= 0.3 is 5.97 Å². The molecule has 3 aromatic rings. The fourth-order valence-corrected chi connectivity index (χ4v) is 2.41. The number of para-hydroxylation sites is 1. The zero-order valence-electron chi connectivity index (χ0n) is 13.4. The van der Waals surface area contributed by atoms with E-state index in [1.54, 1.807) is 18.2 Å². The summed E-state index contributed by atoms with van der Waals surface area (Å²) in [6.45, 7) is 1.27. The van der Waals surface area contributed by atoms with Gasteiger partial charge in [-0.05, 0) is 43.3 Å². The normalized spacial score (nSPS) is 12.0. The number of amides is 1. The van der Waals surface area contributed by atoms with Gasteiger partial charge in [0.15, 0.2) is 6.10 Å². The summed E-state index contributed by atoms with van der Waals surface area (Å²) < 4.78 is 37.5. The summed E-state index contributed by atoms with van der Waals surface area (Å²) in [6.07, 6.45) is -1.31. The average molecular weight is 380 g/mol. The van der Waals surface area contributed by atoms with Gasteiger partial charge in [-0.15, -0.1) is 0 Å². The number of rotatable bonds is 4. The third-order valence-corrected chi connectivity index (χ3v) is 3.78. The summed E-state index contributed by atoms with van der Waals surface area (Å²) in [6, 6.07) is 9.37. The zero-order valence-corrected chi connectivity index (χ0v) is 14.1. The number of ether oxygens (including phenoxy) is 1. The minimum absolute atomic E-state index is 0.126. The lowest BCUT2D eigenvalue weighted by Crippen LogP contribution is -2.30. The second kappa shape index (κ2) is 7.13. The molecule has 26 heavy (non-hydrogen) atoms. The van der Waals surface area contributed by atoms with Crippen LogP contribution in [-0.4, -0.2) is 18.0 Å². The van der Waals surface area contributed by atoms with Crippen LogP contribution in [0.3, 0.4) is 0 Å². The van der Waals surface area contributed by atoms with Crippen LogP contribution in [0.25, 0.3) is 11.0 Å². The SMILES string of the molecule is CC(OC(=O)c1cc2cc(Cl)ccc2o1)C(=O)Nc1c(F)cccc1F. The van der Waals surface area contributed by atoms with E-state index in [0.29, 0.717) is 16.0 Å². The molecule has 2 aromatic carbocycles. The highest BCUT2D eigenvalue weighted by Crippen LogP contribution is 2.24. The number of benzene rings is 2. The van der Waals surface area contributed by atoms with Crippen LogP contribution in [-0.2, 0) is 9.53 Å². The Morgan fingerprint density at radius 3 is 2.54 bits per heavy atom. The Kier molecular flexibility index (Phi) is 4.90. The van der Waals surface area contributed by atoms with E-state index in [4.69, 9.17) is 20.8 Å². The molecule has 3 rings (SSSR count). The first-order valence-electron chi connectivity index (χ1n) is 7.50. The number of esters is 1. The zero-order chi connectivity index (χ0) is 18.8. The molecular weight excluding hydrogens is 368 g/mol. The van der Waals surface area contributed by atoms with Crippen molar-refractivity contribution in [3.63, 3.8) is 0 Å². The van der Waals surface area contributed by atoms with Gasteiger partial charge in [0.1, 0.15) is 22.9 Å². The molecule has 0 radical (unpaired) electrons. The Labute approximate surface area is 151 Å². The molecular formula is C18H12ClF2NO4. The molecule has 0 saturated carbocycles. The molecule has 1 aromatic heterocycles. The smallest absolute Gasteiger partial charge is 0.375 e. The highest BCUT2D eigenvalue weighted by molar-refractivity contribution is 6.31. The van der Waals surface area contributed by atoms with Crippen molar-refractivity contribution in [2.24, 2.45) is 0 Å². The van der Waals surface area contributed by atoms with E-state index >= 15 is 0 Å². The standard InChI is InChI=1S/C18H12ClF2NO4/c1-9(17(23)22-16-12(20)3-2-4-13(16)21)25-18(24)15-8-10-7-11(19)5-6-14(10)26-15/h2-9H,1H3,(H,22,23). The molecule has 0 aliphatic rings. The lowest BCUT2D eigenvalue weighted by Gasteiger charge is -2.13. The van der Waals surface area contributed by atoms with Gasteiger partial charge in [-0.3, -0.25) is 4.79 Å². The maximum absolute atomic E-state index is 13.6. The Bertz CT molecular complexity index is 982. The predicted octanol–water partition coefficient (Wildman–Crippen LogP) is 4.55. The molecule has 134 valence electrons. The van der Waals surface area contributed by atoms with Crippen LogP contribution < -0.4 is 5.32 Å². The summed E-state index contributed by atoms with van der Waals surface area (Å²) in [5.74, 6) is -3.79. The predicted molar refractivity (Wildman–Crippen MR) is 91.1 cm³/mol. The van der Waals surface area contributed by atoms with E-state index in [-0.39, 0.29) is 5.76 Å². The van der Waals surface area contributed by atoms with Crippen molar-refractivity contribution in [1.29, 1.82) is 0 Å². The topological polar surface area (TPSA) is 68.5 Å². The molecule has 0 aliphatic carbocycles. The molecule has 0 aliphatic heterocycles. The van der Waals surface area contributed by atoms with Gasteiger partial charge in [-0.1, -0.05) is 17.7 Å². The molecule has 0 bridgehead atoms. The molecule has 1 N–H and O–H groups in total. The number of nitrogens with one attached hydrogen (secondary N) is 1. The Morgan fingerprint density at radius 1 is 1.15 bits per heavy atom. The van der Waals surface area contributed by atoms with E-state index in [1.165, 1.54) is 13.0 Å². The minimum atomic E-state index is -1.31. The quantitative estimate of drug-likeness (QED) is 0.675. The van der Waals surface area contributed by atoms with Crippen LogP contribution in [0.15, 0.2) is 46.9 Å². The average Bonchev–Trinajstić information content (AvgIpc) is 3.01. The van der Waals surface area contributed by atoms with Gasteiger partial charge < -0.3 is 14.5 Å². The van der Waals surface area contributed by atoms with Crippen molar-refractivity contribution in [1.82, 2.24) is 0 Å². The molecule has 1 heterocycles. The van der Waals surface area contributed by atoms with Crippen LogP contribution in [0.5, 0.6) is 0 Å². The first-order valence-corrected chi connectivity index (χ1v) is 7.88. The lowest BCUT2D eigenvalue weighted by molar-refractivity contribution is -0.123. The largest absolute Gasteiger partial charge is 0.449 e. The van der Waals surface area contributed by atoms with Gasteiger partial charge in [-0.25, -0.2) is 13.6 Å². The highest BCUT2D eigenvalue weighted by Gasteiger charge is 2.23. The second-order valence-corrected chi connectivity index (χ2v) is 5.86. The van der Waals surface area contributed by atoms with Crippen LogP contribution in [0.2, 0.25) is 5.02 Å². The first kappa shape index (κ1) is 17.9. The van der Waals surface area contributed by atoms with Crippen LogP contribution in [0, 0.1) is 11.6 Å². The lowest BCUT2D eigenvalue weighted by atomic mass is 10.2. The van der Waals surface area contributed by atoms with E-state index in [1.807, 2.05) is 0 Å². The highest BCUT2D eigenvalue weighted by atomic mass is 35.5. The number of halogens is 3. The van der Waals surface area contributed by atoms with E-state index in [0.717, 1.165) is 18.2 Å². The van der Waals surface area contributed by atoms with Crippen LogP contribution >= 0.6 is 11.6 Å². The number of fused-ring (bicyclic) bond motifs is 1. The van der Waals surface area contributed by atoms with Crippen molar-refractivity contribution in [2.45, 2.75) is 13.0 Å². The number of anilines is 1. The Balaban J connectivity index is 1.70. The fraction of sp³-hybridized carbons (Fsp3) is 0.111. The molecule has 0 spiro atoms. The molecule has 1 amide bonds. The monoisotopic (exact) mass is 379 g/mol. The van der Waals surface area contributed by atoms with Gasteiger partial charge in [0.2, 0.25) is 5.76 Å². The third kappa shape index (κ3) is 3.67. The van der Waals surface area contributed by atoms with Crippen molar-refractivity contribution in [3.05, 3.63) is 64.9 Å². The van der Waals surface area contributed by atoms with Crippen molar-refractivity contribution < 1.29 is 27.5 Å². The van der Waals surface area contributed by atoms with Gasteiger partial charge in [-0.2, -0.15) is 0 Å². The summed E-state index contributed by atoms with van der Waals surface area (Å²) in [4.78, 5) is 24.2. The number of hydrogen-bond acceptors (Lipinski definition) is 4. The van der Waals surface area contributed by atoms with Gasteiger partial charge in [0.25, 0.3) is 5.91 Å². The van der Waals surface area contributed by atoms with E-state index in [2.05, 4.69) is 5.32 Å². The molecule has 8 heteroatoms. The molecule has 0 fully saturated rings. The maximum Gasteiger partial charge on any atom is 0.375 e. The maximum atomic E-state index is 13.6. The van der Waals surface area contributed by atoms with Crippen molar-refractivity contribution in [2.75, 3.05) is 5.32 Å². The summed E-state index contributed by atoms with van der Waals surface area (Å²) in [5, 5.41) is 3.12. The number of carbonyl (C=O) groups excluding carboxylic acids is 2. The Hall–Kier alpha value is -2.93. The van der Waals surface area contributed by atoms with E-state index < -0.39 is 35.3 Å². The third-order valence-electron chi connectivity index (χ3n) is 3.54. The van der Waals surface area contributed by atoms with Crippen LogP contribution in [0.1, 0.15) is 17.5 Å². The number of furan rings is 1. The second-order valence-electron chi connectivity index (χ2n) is 5.43. The van der Waals surface area contributed by atoms with E-state index in [9.17, 15) is 18.4 Å². The summed E-state index contributed by atoms with van der Waals surface area (Å²) in [7, 11) is 0. The molecule has 0 saturated heterocycles. The van der Waals surface area contributed by atoms with Crippen molar-refractivity contribution >= 4 is 40.1 Å². The van der Waals surface area contributed by atoms with Crippen LogP contribution in [0.4, 0.5) is 14.5 Å². The fourth-order valence-electron chi connectivity index (χ4n) is 2.23. The molecule has 1 unspecified atom stereocenters.